The molecule has 2 rings (SSSR count). The van der Waals surface area contributed by atoms with Crippen LogP contribution in [0.2, 0.25) is 0 Å². The monoisotopic (exact) mass is 1310 g/mol. The van der Waals surface area contributed by atoms with E-state index < -0.39 is 86.8 Å². The molecule has 12 atom stereocenters. The summed E-state index contributed by atoms with van der Waals surface area (Å²) in [5, 5.41) is 87.9. The zero-order valence-corrected chi connectivity index (χ0v) is 59.8. The molecule has 0 saturated carbocycles. The highest BCUT2D eigenvalue weighted by molar-refractivity contribution is 5.76. The van der Waals surface area contributed by atoms with Crippen molar-refractivity contribution in [1.29, 1.82) is 0 Å². The summed E-state index contributed by atoms with van der Waals surface area (Å²) < 4.78 is 23.0. The first-order chi connectivity index (χ1) is 45.1. The third-order valence-electron chi connectivity index (χ3n) is 20.0. The Morgan fingerprint density at radius 1 is 0.380 bits per heavy atom. The average Bonchev–Trinajstić information content (AvgIpc) is 0.836. The van der Waals surface area contributed by atoms with E-state index in [1.54, 1.807) is 0 Å². The predicted molar refractivity (Wildman–Crippen MR) is 379 cm³/mol. The third-order valence-corrected chi connectivity index (χ3v) is 20.0. The van der Waals surface area contributed by atoms with Crippen LogP contribution >= 0.6 is 0 Å². The van der Waals surface area contributed by atoms with Crippen molar-refractivity contribution in [3.63, 3.8) is 0 Å². The van der Waals surface area contributed by atoms with Gasteiger partial charge in [-0.15, -0.1) is 0 Å². The standard InChI is InChI=1S/C78H151NO13/c1-3-5-7-9-11-13-15-17-19-21-23-25-27-29-31-33-35-37-39-41-43-45-47-49-51-53-55-57-59-61-67(82)66(65-89-77-75(88)73(86)76(69(64-81)91-77)92-78-74(87)72(85)71(84)68(63-80)90-78)79-70(83)62-60-58-56-54-52-50-48-46-44-42-40-38-36-34-32-30-28-26-24-22-20-18-16-14-12-10-8-6-4-2/h22,24,66-69,71-78,80-82,84-88H,3-21,23,25-65H2,1-2H3,(H,79,83)/b24-22-. The Hall–Kier alpha value is -1.27. The van der Waals surface area contributed by atoms with E-state index in [2.05, 4.69) is 31.3 Å². The summed E-state index contributed by atoms with van der Waals surface area (Å²) in [6, 6.07) is -0.827. The van der Waals surface area contributed by atoms with Crippen LogP contribution in [0.5, 0.6) is 0 Å². The Balaban J connectivity index is 1.61. The smallest absolute Gasteiger partial charge is 0.220 e. The topological polar surface area (TPSA) is 228 Å². The van der Waals surface area contributed by atoms with Crippen LogP contribution in [0.15, 0.2) is 12.2 Å². The van der Waals surface area contributed by atoms with Crippen LogP contribution in [0.25, 0.3) is 0 Å². The lowest BCUT2D eigenvalue weighted by Gasteiger charge is -2.46. The van der Waals surface area contributed by atoms with Gasteiger partial charge in [-0.05, 0) is 38.5 Å². The molecule has 92 heavy (non-hydrogen) atoms. The number of hydrogen-bond donors (Lipinski definition) is 9. The van der Waals surface area contributed by atoms with Gasteiger partial charge in [0.2, 0.25) is 5.91 Å². The number of allylic oxidation sites excluding steroid dienone is 2. The van der Waals surface area contributed by atoms with Crippen LogP contribution in [-0.2, 0) is 23.7 Å². The maximum atomic E-state index is 13.4. The molecule has 0 bridgehead atoms. The molecule has 12 unspecified atom stereocenters. The molecule has 546 valence electrons. The first kappa shape index (κ1) is 86.8. The van der Waals surface area contributed by atoms with Crippen molar-refractivity contribution in [3.05, 3.63) is 12.2 Å². The van der Waals surface area contributed by atoms with Crippen molar-refractivity contribution < 1.29 is 64.6 Å². The number of nitrogens with one attached hydrogen (secondary N) is 1. The summed E-state index contributed by atoms with van der Waals surface area (Å²) in [6.07, 6.45) is 62.5. The van der Waals surface area contributed by atoms with Crippen LogP contribution in [0.3, 0.4) is 0 Å². The first-order valence-electron chi connectivity index (χ1n) is 39.9. The van der Waals surface area contributed by atoms with E-state index in [4.69, 9.17) is 18.9 Å². The molecule has 0 spiro atoms. The number of unbranched alkanes of at least 4 members (excludes halogenated alkanes) is 53. The number of carbonyl (C=O) groups is 1. The van der Waals surface area contributed by atoms with Gasteiger partial charge in [-0.3, -0.25) is 4.79 Å². The second kappa shape index (κ2) is 63.2. The molecule has 2 saturated heterocycles. The maximum Gasteiger partial charge on any atom is 0.220 e. The van der Waals surface area contributed by atoms with Crippen molar-refractivity contribution >= 4 is 5.91 Å². The van der Waals surface area contributed by atoms with Crippen molar-refractivity contribution in [2.45, 2.75) is 460 Å². The Labute approximate surface area is 565 Å². The van der Waals surface area contributed by atoms with E-state index in [0.29, 0.717) is 12.8 Å². The minimum atomic E-state index is -1.78. The number of ether oxygens (including phenoxy) is 4. The van der Waals surface area contributed by atoms with Gasteiger partial charge >= 0.3 is 0 Å². The Bertz CT molecular complexity index is 1590. The third kappa shape index (κ3) is 46.1. The summed E-state index contributed by atoms with van der Waals surface area (Å²) in [4.78, 5) is 13.4. The summed E-state index contributed by atoms with van der Waals surface area (Å²) >= 11 is 0. The van der Waals surface area contributed by atoms with Gasteiger partial charge in [0.15, 0.2) is 12.6 Å². The normalized spacial score (nSPS) is 22.6. The Morgan fingerprint density at radius 3 is 1.03 bits per heavy atom. The molecule has 0 aromatic heterocycles. The van der Waals surface area contributed by atoms with Crippen molar-refractivity contribution in [2.24, 2.45) is 0 Å². The SMILES string of the molecule is CCCCCCCCCC/C=C\CCCCCCCCCCCCCCCCCCCC(=O)NC(COC1OC(CO)C(OC2OC(CO)C(O)C(O)C2O)C(O)C1O)C(O)CCCCCCCCCCCCCCCCCCCCCCCCCCCCCCC. The number of amides is 1. The van der Waals surface area contributed by atoms with E-state index in [9.17, 15) is 45.6 Å². The predicted octanol–water partition coefficient (Wildman–Crippen LogP) is 17.7. The number of carbonyl (C=O) groups excluding carboxylic acids is 1. The molecule has 0 aromatic rings. The van der Waals surface area contributed by atoms with Gasteiger partial charge < -0.3 is 65.1 Å². The quantitative estimate of drug-likeness (QED) is 0.0204. The van der Waals surface area contributed by atoms with Crippen molar-refractivity contribution in [2.75, 3.05) is 19.8 Å². The molecule has 2 heterocycles. The van der Waals surface area contributed by atoms with Gasteiger partial charge in [-0.1, -0.05) is 353 Å². The van der Waals surface area contributed by atoms with Gasteiger partial charge in [0.25, 0.3) is 0 Å². The largest absolute Gasteiger partial charge is 0.394 e. The molecular formula is C78H151NO13. The minimum Gasteiger partial charge on any atom is -0.394 e. The molecule has 9 N–H and O–H groups in total. The van der Waals surface area contributed by atoms with E-state index in [0.717, 1.165) is 51.4 Å². The zero-order valence-electron chi connectivity index (χ0n) is 59.8. The van der Waals surface area contributed by atoms with Crippen molar-refractivity contribution in [3.8, 4) is 0 Å². The van der Waals surface area contributed by atoms with E-state index in [-0.39, 0.29) is 12.5 Å². The van der Waals surface area contributed by atoms with Gasteiger partial charge in [-0.25, -0.2) is 0 Å². The lowest BCUT2D eigenvalue weighted by atomic mass is 9.97. The highest BCUT2D eigenvalue weighted by Gasteiger charge is 2.51. The minimum absolute atomic E-state index is 0.197. The highest BCUT2D eigenvalue weighted by Crippen LogP contribution is 2.30. The molecule has 2 fully saturated rings. The highest BCUT2D eigenvalue weighted by atomic mass is 16.7. The van der Waals surface area contributed by atoms with Gasteiger partial charge in [0.1, 0.15) is 48.8 Å². The molecule has 0 aromatic carbocycles. The summed E-state index contributed by atoms with van der Waals surface area (Å²) in [7, 11) is 0. The van der Waals surface area contributed by atoms with E-state index >= 15 is 0 Å². The first-order valence-corrected chi connectivity index (χ1v) is 39.9. The Kier molecular flexibility index (Phi) is 59.6. The van der Waals surface area contributed by atoms with Gasteiger partial charge in [-0.2, -0.15) is 0 Å². The van der Waals surface area contributed by atoms with Crippen LogP contribution in [0.4, 0.5) is 0 Å². The van der Waals surface area contributed by atoms with Gasteiger partial charge in [0.05, 0.1) is 32.0 Å². The number of hydrogen-bond acceptors (Lipinski definition) is 13. The van der Waals surface area contributed by atoms with Crippen LogP contribution in [-0.4, -0.2) is 140 Å². The molecule has 0 radical (unpaired) electrons. The molecule has 2 aliphatic rings. The second-order valence-electron chi connectivity index (χ2n) is 28.6. The van der Waals surface area contributed by atoms with Crippen LogP contribution < -0.4 is 5.32 Å². The van der Waals surface area contributed by atoms with Gasteiger partial charge in [0, 0.05) is 6.42 Å². The maximum absolute atomic E-state index is 13.4. The van der Waals surface area contributed by atoms with Crippen LogP contribution in [0, 0.1) is 0 Å². The fourth-order valence-electron chi connectivity index (χ4n) is 13.7. The molecule has 0 aliphatic carbocycles. The van der Waals surface area contributed by atoms with E-state index in [1.807, 2.05) is 0 Å². The molecule has 14 heteroatoms. The summed E-state index contributed by atoms with van der Waals surface area (Å²) in [5.74, 6) is -0.197. The van der Waals surface area contributed by atoms with Crippen LogP contribution in [0.1, 0.15) is 386 Å². The fourth-order valence-corrected chi connectivity index (χ4v) is 13.7. The number of rotatable bonds is 68. The molecular weight excluding hydrogens is 1160 g/mol. The fraction of sp³-hybridized carbons (Fsp3) is 0.962. The Morgan fingerprint density at radius 2 is 0.685 bits per heavy atom. The molecule has 1 amide bonds. The zero-order chi connectivity index (χ0) is 66.6. The molecule has 2 aliphatic heterocycles. The lowest BCUT2D eigenvalue weighted by Crippen LogP contribution is -2.65. The van der Waals surface area contributed by atoms with Crippen molar-refractivity contribution in [1.82, 2.24) is 5.32 Å². The van der Waals surface area contributed by atoms with E-state index in [1.165, 1.54) is 308 Å². The average molecular weight is 1310 g/mol. The second-order valence-corrected chi connectivity index (χ2v) is 28.6. The lowest BCUT2D eigenvalue weighted by molar-refractivity contribution is -0.359. The number of aliphatic hydroxyl groups is 8. The summed E-state index contributed by atoms with van der Waals surface area (Å²) in [6.45, 7) is 2.94. The molecule has 14 nitrogen and oxygen atoms in total. The number of aliphatic hydroxyl groups excluding tert-OH is 8. The summed E-state index contributed by atoms with van der Waals surface area (Å²) in [5.41, 5.74) is 0.